The van der Waals surface area contributed by atoms with Crippen LogP contribution in [-0.2, 0) is 14.3 Å². The number of nitrogens with zero attached hydrogens (tertiary/aromatic N) is 1. The molecule has 6 heteroatoms. The first-order valence-corrected chi connectivity index (χ1v) is 6.04. The SMILES string of the molecule is O=C(O)C1COCCN1C(=O)C1CCCCN1. The molecule has 2 fully saturated rings. The van der Waals surface area contributed by atoms with Crippen molar-refractivity contribution in [2.24, 2.45) is 0 Å². The van der Waals surface area contributed by atoms with Crippen LogP contribution in [0.1, 0.15) is 19.3 Å². The number of hydrogen-bond donors (Lipinski definition) is 2. The summed E-state index contributed by atoms with van der Waals surface area (Å²) in [5.41, 5.74) is 0. The van der Waals surface area contributed by atoms with E-state index in [4.69, 9.17) is 9.84 Å². The van der Waals surface area contributed by atoms with Crippen molar-refractivity contribution in [2.75, 3.05) is 26.3 Å². The number of piperidine rings is 1. The van der Waals surface area contributed by atoms with Crippen LogP contribution in [0.5, 0.6) is 0 Å². The highest BCUT2D eigenvalue weighted by atomic mass is 16.5. The summed E-state index contributed by atoms with van der Waals surface area (Å²) in [4.78, 5) is 24.7. The summed E-state index contributed by atoms with van der Waals surface area (Å²) < 4.78 is 5.12. The van der Waals surface area contributed by atoms with Gasteiger partial charge in [-0.1, -0.05) is 6.42 Å². The van der Waals surface area contributed by atoms with Gasteiger partial charge in [0.05, 0.1) is 19.3 Å². The minimum absolute atomic E-state index is 0.0911. The van der Waals surface area contributed by atoms with Gasteiger partial charge in [-0.3, -0.25) is 4.79 Å². The first-order chi connectivity index (χ1) is 8.20. The third-order valence-electron chi connectivity index (χ3n) is 3.31. The minimum Gasteiger partial charge on any atom is -0.480 e. The van der Waals surface area contributed by atoms with Gasteiger partial charge in [-0.15, -0.1) is 0 Å². The summed E-state index contributed by atoms with van der Waals surface area (Å²) in [5, 5.41) is 12.2. The van der Waals surface area contributed by atoms with Crippen molar-refractivity contribution in [2.45, 2.75) is 31.3 Å². The minimum atomic E-state index is -0.992. The number of carboxylic acids is 1. The van der Waals surface area contributed by atoms with E-state index in [1.807, 2.05) is 0 Å². The standard InChI is InChI=1S/C11H18N2O4/c14-10(8-3-1-2-4-12-8)13-5-6-17-7-9(13)11(15)16/h8-9,12H,1-7H2,(H,15,16). The third-order valence-corrected chi connectivity index (χ3v) is 3.31. The Morgan fingerprint density at radius 3 is 2.82 bits per heavy atom. The van der Waals surface area contributed by atoms with E-state index >= 15 is 0 Å². The van der Waals surface area contributed by atoms with E-state index in [0.29, 0.717) is 13.2 Å². The molecule has 0 aliphatic carbocycles. The average molecular weight is 242 g/mol. The van der Waals surface area contributed by atoms with Gasteiger partial charge in [0.15, 0.2) is 6.04 Å². The zero-order valence-electron chi connectivity index (χ0n) is 9.72. The molecule has 1 amide bonds. The first-order valence-electron chi connectivity index (χ1n) is 6.04. The average Bonchev–Trinajstić information content (AvgIpc) is 2.39. The maximum Gasteiger partial charge on any atom is 0.328 e. The van der Waals surface area contributed by atoms with Gasteiger partial charge >= 0.3 is 5.97 Å². The van der Waals surface area contributed by atoms with Crippen molar-refractivity contribution in [1.29, 1.82) is 0 Å². The fraction of sp³-hybridized carbons (Fsp3) is 0.818. The van der Waals surface area contributed by atoms with E-state index in [-0.39, 0.29) is 18.6 Å². The van der Waals surface area contributed by atoms with Gasteiger partial charge < -0.3 is 20.1 Å². The summed E-state index contributed by atoms with van der Waals surface area (Å²) >= 11 is 0. The Morgan fingerprint density at radius 1 is 1.35 bits per heavy atom. The van der Waals surface area contributed by atoms with E-state index in [9.17, 15) is 9.59 Å². The number of hydrogen-bond acceptors (Lipinski definition) is 4. The molecule has 0 bridgehead atoms. The molecule has 2 saturated heterocycles. The topological polar surface area (TPSA) is 78.9 Å². The molecule has 0 aromatic rings. The molecule has 0 spiro atoms. The second-order valence-corrected chi connectivity index (χ2v) is 4.46. The van der Waals surface area contributed by atoms with Gasteiger partial charge in [0.2, 0.25) is 5.91 Å². The van der Waals surface area contributed by atoms with Crippen LogP contribution in [0.2, 0.25) is 0 Å². The lowest BCUT2D eigenvalue weighted by molar-refractivity contribution is -0.159. The maximum absolute atomic E-state index is 12.2. The molecule has 0 saturated carbocycles. The smallest absolute Gasteiger partial charge is 0.328 e. The van der Waals surface area contributed by atoms with E-state index in [1.54, 1.807) is 0 Å². The Bertz CT molecular complexity index is 302. The Morgan fingerprint density at radius 2 is 2.18 bits per heavy atom. The summed E-state index contributed by atoms with van der Waals surface area (Å²) in [6, 6.07) is -1.05. The van der Waals surface area contributed by atoms with Gasteiger partial charge in [-0.05, 0) is 19.4 Å². The number of rotatable bonds is 2. The van der Waals surface area contributed by atoms with Crippen LogP contribution in [0.4, 0.5) is 0 Å². The molecule has 0 aromatic heterocycles. The highest BCUT2D eigenvalue weighted by Crippen LogP contribution is 2.14. The molecule has 6 nitrogen and oxygen atoms in total. The number of carboxylic acid groups (broad SMARTS) is 1. The molecule has 2 heterocycles. The molecular formula is C11H18N2O4. The van der Waals surface area contributed by atoms with Crippen LogP contribution in [0.3, 0.4) is 0 Å². The summed E-state index contributed by atoms with van der Waals surface area (Å²) in [7, 11) is 0. The number of morpholine rings is 1. The van der Waals surface area contributed by atoms with Gasteiger partial charge in [-0.25, -0.2) is 4.79 Å². The maximum atomic E-state index is 12.2. The summed E-state index contributed by atoms with van der Waals surface area (Å²) in [6.07, 6.45) is 2.89. The number of amides is 1. The van der Waals surface area contributed by atoms with Crippen molar-refractivity contribution in [3.63, 3.8) is 0 Å². The molecule has 0 radical (unpaired) electrons. The molecule has 2 N–H and O–H groups in total. The Balaban J connectivity index is 2.02. The van der Waals surface area contributed by atoms with Crippen molar-refractivity contribution >= 4 is 11.9 Å². The quantitative estimate of drug-likeness (QED) is 0.678. The Labute approximate surface area is 99.9 Å². The molecule has 17 heavy (non-hydrogen) atoms. The van der Waals surface area contributed by atoms with Crippen LogP contribution in [0.25, 0.3) is 0 Å². The van der Waals surface area contributed by atoms with E-state index in [0.717, 1.165) is 25.8 Å². The predicted molar refractivity (Wildman–Crippen MR) is 59.6 cm³/mol. The molecule has 0 aromatic carbocycles. The van der Waals surface area contributed by atoms with E-state index in [2.05, 4.69) is 5.32 Å². The van der Waals surface area contributed by atoms with Gasteiger partial charge in [0.1, 0.15) is 0 Å². The Hall–Kier alpha value is -1.14. The summed E-state index contributed by atoms with van der Waals surface area (Å²) in [6.45, 7) is 1.71. The van der Waals surface area contributed by atoms with Gasteiger partial charge in [0, 0.05) is 6.54 Å². The predicted octanol–water partition coefficient (Wildman–Crippen LogP) is -0.559. The van der Waals surface area contributed by atoms with Gasteiger partial charge in [0.25, 0.3) is 0 Å². The van der Waals surface area contributed by atoms with Gasteiger partial charge in [-0.2, -0.15) is 0 Å². The number of aliphatic carboxylic acids is 1. The van der Waals surface area contributed by atoms with Crippen molar-refractivity contribution in [1.82, 2.24) is 10.2 Å². The molecule has 96 valence electrons. The van der Waals surface area contributed by atoms with Crippen LogP contribution in [0.15, 0.2) is 0 Å². The molecular weight excluding hydrogens is 224 g/mol. The second kappa shape index (κ2) is 5.46. The fourth-order valence-corrected chi connectivity index (χ4v) is 2.33. The highest BCUT2D eigenvalue weighted by molar-refractivity contribution is 5.87. The van der Waals surface area contributed by atoms with E-state index < -0.39 is 12.0 Å². The molecule has 2 atom stereocenters. The zero-order valence-corrected chi connectivity index (χ0v) is 9.72. The molecule has 2 aliphatic rings. The number of carbonyl (C=O) groups is 2. The van der Waals surface area contributed by atoms with Crippen LogP contribution in [-0.4, -0.2) is 60.3 Å². The highest BCUT2D eigenvalue weighted by Gasteiger charge is 2.36. The van der Waals surface area contributed by atoms with Crippen LogP contribution >= 0.6 is 0 Å². The second-order valence-electron chi connectivity index (χ2n) is 4.46. The summed E-state index contributed by atoms with van der Waals surface area (Å²) in [5.74, 6) is -1.09. The largest absolute Gasteiger partial charge is 0.480 e. The molecule has 2 aliphatic heterocycles. The first kappa shape index (κ1) is 12.3. The lowest BCUT2D eigenvalue weighted by Gasteiger charge is -2.36. The number of carbonyl (C=O) groups excluding carboxylic acids is 1. The molecule has 2 unspecified atom stereocenters. The van der Waals surface area contributed by atoms with Crippen LogP contribution in [0, 0.1) is 0 Å². The lowest BCUT2D eigenvalue weighted by Crippen LogP contribution is -2.58. The van der Waals surface area contributed by atoms with Crippen molar-refractivity contribution < 1.29 is 19.4 Å². The lowest BCUT2D eigenvalue weighted by atomic mass is 10.0. The Kier molecular flexibility index (Phi) is 3.96. The number of ether oxygens (including phenoxy) is 1. The monoisotopic (exact) mass is 242 g/mol. The van der Waals surface area contributed by atoms with E-state index in [1.165, 1.54) is 4.90 Å². The zero-order chi connectivity index (χ0) is 12.3. The van der Waals surface area contributed by atoms with Crippen molar-refractivity contribution in [3.8, 4) is 0 Å². The van der Waals surface area contributed by atoms with Crippen LogP contribution < -0.4 is 5.32 Å². The normalized spacial score (nSPS) is 30.0. The third kappa shape index (κ3) is 2.76. The van der Waals surface area contributed by atoms with Crippen molar-refractivity contribution in [3.05, 3.63) is 0 Å². The number of nitrogens with one attached hydrogen (secondary N) is 1. The fourth-order valence-electron chi connectivity index (χ4n) is 2.33. The molecule has 2 rings (SSSR count).